The minimum atomic E-state index is -0.492. The molecule has 0 spiro atoms. The molecule has 0 aliphatic carbocycles. The van der Waals surface area contributed by atoms with Crippen LogP contribution in [0.2, 0.25) is 0 Å². The smallest absolute Gasteiger partial charge is 0.255 e. The van der Waals surface area contributed by atoms with E-state index in [1.54, 1.807) is 30.3 Å². The number of nitrogens with two attached hydrogens (primary N) is 1. The molecule has 2 aromatic rings. The Hall–Kier alpha value is -3.07. The summed E-state index contributed by atoms with van der Waals surface area (Å²) >= 11 is 0. The van der Waals surface area contributed by atoms with Crippen molar-refractivity contribution in [2.75, 3.05) is 12.3 Å². The summed E-state index contributed by atoms with van der Waals surface area (Å²) in [5, 5.41) is 2.64. The van der Waals surface area contributed by atoms with E-state index in [0.29, 0.717) is 18.6 Å². The summed E-state index contributed by atoms with van der Waals surface area (Å²) in [6.07, 6.45) is 3.91. The Labute approximate surface area is 152 Å². The predicted molar refractivity (Wildman–Crippen MR) is 99.0 cm³/mol. The van der Waals surface area contributed by atoms with Crippen LogP contribution in [0.5, 0.6) is 5.75 Å². The van der Waals surface area contributed by atoms with Gasteiger partial charge in [0.1, 0.15) is 5.82 Å². The fourth-order valence-corrected chi connectivity index (χ4v) is 2.20. The molecule has 26 heavy (non-hydrogen) atoms. The van der Waals surface area contributed by atoms with Gasteiger partial charge in [-0.25, -0.2) is 9.37 Å². The molecule has 5 nitrogen and oxygen atoms in total. The van der Waals surface area contributed by atoms with Crippen molar-refractivity contribution in [3.05, 3.63) is 53.5 Å². The quantitative estimate of drug-likeness (QED) is 0.590. The lowest BCUT2D eigenvalue weighted by Gasteiger charge is -2.11. The standard InChI is InChI=1S/C20H22FN3O2/c1-2-3-4-5-6-13-26-17-11-7-9-15(18(17)21)14-24-20(25)16-10-8-12-23-19(16)22/h7-12H,2-3,6,13-14H2,1H3,(H2,22,23)(H,24,25). The number of pyridine rings is 1. The molecule has 136 valence electrons. The summed E-state index contributed by atoms with van der Waals surface area (Å²) in [5.74, 6) is 5.37. The zero-order chi connectivity index (χ0) is 18.8. The van der Waals surface area contributed by atoms with Gasteiger partial charge in [-0.05, 0) is 24.6 Å². The molecule has 0 aliphatic heterocycles. The molecule has 0 bridgehead atoms. The molecule has 0 saturated heterocycles. The molecule has 6 heteroatoms. The SMILES string of the molecule is CCCC#CCCOc1cccc(CNC(=O)c2cccnc2N)c1F. The second-order valence-corrected chi connectivity index (χ2v) is 5.55. The highest BCUT2D eigenvalue weighted by Crippen LogP contribution is 2.20. The summed E-state index contributed by atoms with van der Waals surface area (Å²) in [6, 6.07) is 8.01. The highest BCUT2D eigenvalue weighted by Gasteiger charge is 2.13. The van der Waals surface area contributed by atoms with E-state index < -0.39 is 11.7 Å². The van der Waals surface area contributed by atoms with Crippen molar-refractivity contribution in [1.82, 2.24) is 10.3 Å². The molecule has 3 N–H and O–H groups in total. The van der Waals surface area contributed by atoms with Crippen LogP contribution in [0.25, 0.3) is 0 Å². The Morgan fingerprint density at radius 3 is 2.85 bits per heavy atom. The number of amides is 1. The number of benzene rings is 1. The molecule has 1 aromatic carbocycles. The molecule has 0 aliphatic rings. The van der Waals surface area contributed by atoms with E-state index in [1.165, 1.54) is 6.20 Å². The van der Waals surface area contributed by atoms with Crippen LogP contribution in [0.15, 0.2) is 36.5 Å². The monoisotopic (exact) mass is 355 g/mol. The third-order valence-electron chi connectivity index (χ3n) is 3.55. The lowest BCUT2D eigenvalue weighted by atomic mass is 10.2. The molecular formula is C20H22FN3O2. The summed E-state index contributed by atoms with van der Waals surface area (Å²) < 4.78 is 19.9. The van der Waals surface area contributed by atoms with E-state index in [9.17, 15) is 9.18 Å². The number of anilines is 1. The lowest BCUT2D eigenvalue weighted by Crippen LogP contribution is -2.24. The van der Waals surface area contributed by atoms with Gasteiger partial charge in [0.15, 0.2) is 11.6 Å². The Balaban J connectivity index is 1.93. The maximum atomic E-state index is 14.5. The first-order valence-electron chi connectivity index (χ1n) is 8.48. The van der Waals surface area contributed by atoms with Crippen molar-refractivity contribution in [2.24, 2.45) is 0 Å². The Morgan fingerprint density at radius 2 is 2.08 bits per heavy atom. The fraction of sp³-hybridized carbons (Fsp3) is 0.300. The minimum Gasteiger partial charge on any atom is -0.490 e. The van der Waals surface area contributed by atoms with E-state index >= 15 is 0 Å². The molecule has 1 aromatic heterocycles. The van der Waals surface area contributed by atoms with E-state index in [0.717, 1.165) is 12.8 Å². The van der Waals surface area contributed by atoms with E-state index in [2.05, 4.69) is 29.1 Å². The Bertz CT molecular complexity index is 812. The largest absolute Gasteiger partial charge is 0.490 e. The number of halogens is 1. The first kappa shape index (κ1) is 19.3. The molecule has 0 radical (unpaired) electrons. The van der Waals surface area contributed by atoms with Crippen molar-refractivity contribution >= 4 is 11.7 Å². The third kappa shape index (κ3) is 5.49. The van der Waals surface area contributed by atoms with Gasteiger partial charge in [0.25, 0.3) is 5.91 Å². The number of carbonyl (C=O) groups excluding carboxylic acids is 1. The lowest BCUT2D eigenvalue weighted by molar-refractivity contribution is 0.0951. The number of rotatable bonds is 7. The number of ether oxygens (including phenoxy) is 1. The van der Waals surface area contributed by atoms with Gasteiger partial charge in [-0.3, -0.25) is 4.79 Å². The molecular weight excluding hydrogens is 333 g/mol. The number of aromatic nitrogens is 1. The Morgan fingerprint density at radius 1 is 1.27 bits per heavy atom. The third-order valence-corrected chi connectivity index (χ3v) is 3.55. The molecule has 2 rings (SSSR count). The van der Waals surface area contributed by atoms with Crippen LogP contribution in [0.3, 0.4) is 0 Å². The van der Waals surface area contributed by atoms with Crippen LogP contribution in [0, 0.1) is 17.7 Å². The summed E-state index contributed by atoms with van der Waals surface area (Å²) in [6.45, 7) is 2.40. The second-order valence-electron chi connectivity index (χ2n) is 5.55. The van der Waals surface area contributed by atoms with E-state index in [4.69, 9.17) is 10.5 Å². The van der Waals surface area contributed by atoms with Crippen LogP contribution in [0.1, 0.15) is 42.1 Å². The van der Waals surface area contributed by atoms with Crippen molar-refractivity contribution in [3.8, 4) is 17.6 Å². The van der Waals surface area contributed by atoms with Gasteiger partial charge >= 0.3 is 0 Å². The zero-order valence-electron chi connectivity index (χ0n) is 14.7. The van der Waals surface area contributed by atoms with Gasteiger partial charge in [-0.1, -0.05) is 25.0 Å². The van der Waals surface area contributed by atoms with E-state index in [-0.39, 0.29) is 23.7 Å². The van der Waals surface area contributed by atoms with Gasteiger partial charge < -0.3 is 15.8 Å². The molecule has 1 amide bonds. The Kier molecular flexibility index (Phi) is 7.44. The van der Waals surface area contributed by atoms with Gasteiger partial charge in [0.2, 0.25) is 0 Å². The summed E-state index contributed by atoms with van der Waals surface area (Å²) in [7, 11) is 0. The molecule has 0 saturated carbocycles. The normalized spacial score (nSPS) is 9.92. The number of nitrogens with zero attached hydrogens (tertiary/aromatic N) is 1. The summed E-state index contributed by atoms with van der Waals surface area (Å²) in [4.78, 5) is 16.0. The average molecular weight is 355 g/mol. The topological polar surface area (TPSA) is 77.2 Å². The summed E-state index contributed by atoms with van der Waals surface area (Å²) in [5.41, 5.74) is 6.25. The maximum absolute atomic E-state index is 14.5. The van der Waals surface area contributed by atoms with Gasteiger partial charge in [0, 0.05) is 31.1 Å². The highest BCUT2D eigenvalue weighted by atomic mass is 19.1. The average Bonchev–Trinajstić information content (AvgIpc) is 2.65. The number of unbranched alkanes of at least 4 members (excludes halogenated alkanes) is 1. The van der Waals surface area contributed by atoms with Crippen molar-refractivity contribution in [3.63, 3.8) is 0 Å². The maximum Gasteiger partial charge on any atom is 0.255 e. The number of hydrogen-bond donors (Lipinski definition) is 2. The number of nitrogens with one attached hydrogen (secondary N) is 1. The van der Waals surface area contributed by atoms with Crippen LogP contribution in [-0.4, -0.2) is 17.5 Å². The van der Waals surface area contributed by atoms with E-state index in [1.807, 2.05) is 0 Å². The second kappa shape index (κ2) is 10.0. The fourth-order valence-electron chi connectivity index (χ4n) is 2.20. The van der Waals surface area contributed by atoms with Gasteiger partial charge in [-0.2, -0.15) is 0 Å². The molecule has 0 fully saturated rings. The van der Waals surface area contributed by atoms with Crippen molar-refractivity contribution in [1.29, 1.82) is 0 Å². The highest BCUT2D eigenvalue weighted by molar-refractivity contribution is 5.98. The number of hydrogen-bond acceptors (Lipinski definition) is 4. The first-order chi connectivity index (χ1) is 12.6. The molecule has 0 unspecified atom stereocenters. The van der Waals surface area contributed by atoms with Crippen LogP contribution < -0.4 is 15.8 Å². The zero-order valence-corrected chi connectivity index (χ0v) is 14.7. The van der Waals surface area contributed by atoms with Crippen LogP contribution >= 0.6 is 0 Å². The predicted octanol–water partition coefficient (Wildman–Crippen LogP) is 3.31. The molecule has 0 atom stereocenters. The van der Waals surface area contributed by atoms with Crippen LogP contribution in [-0.2, 0) is 6.54 Å². The number of nitrogen functional groups attached to an aromatic ring is 1. The van der Waals surface area contributed by atoms with Crippen molar-refractivity contribution < 1.29 is 13.9 Å². The molecule has 1 heterocycles. The van der Waals surface area contributed by atoms with Crippen molar-refractivity contribution in [2.45, 2.75) is 32.7 Å². The van der Waals surface area contributed by atoms with Crippen LogP contribution in [0.4, 0.5) is 10.2 Å². The van der Waals surface area contributed by atoms with Gasteiger partial charge in [0.05, 0.1) is 12.2 Å². The van der Waals surface area contributed by atoms with Gasteiger partial charge in [-0.15, -0.1) is 5.92 Å². The first-order valence-corrected chi connectivity index (χ1v) is 8.48. The minimum absolute atomic E-state index is 0.0203. The number of carbonyl (C=O) groups is 1.